The van der Waals surface area contributed by atoms with Crippen LogP contribution in [0.15, 0.2) is 18.2 Å². The molecule has 132 valence electrons. The summed E-state index contributed by atoms with van der Waals surface area (Å²) >= 11 is 0. The molecular weight excluding hydrogens is 328 g/mol. The van der Waals surface area contributed by atoms with Crippen molar-refractivity contribution in [2.45, 2.75) is 37.8 Å². The second kappa shape index (κ2) is 7.19. The Kier molecular flexibility index (Phi) is 5.21. The predicted molar refractivity (Wildman–Crippen MR) is 94.1 cm³/mol. The largest absolute Gasteiger partial charge is 0.497 e. The first kappa shape index (κ1) is 17.4. The summed E-state index contributed by atoms with van der Waals surface area (Å²) in [5.74, 6) is 1.86. The number of benzene rings is 1. The predicted octanol–water partition coefficient (Wildman–Crippen LogP) is 2.02. The maximum absolute atomic E-state index is 12.9. The van der Waals surface area contributed by atoms with Gasteiger partial charge in [0.1, 0.15) is 18.1 Å². The lowest BCUT2D eigenvalue weighted by Crippen LogP contribution is -2.44. The molecule has 4 rings (SSSR count). The summed E-state index contributed by atoms with van der Waals surface area (Å²) in [6, 6.07) is 6.90. The van der Waals surface area contributed by atoms with E-state index >= 15 is 0 Å². The minimum atomic E-state index is -0.0776. The molecule has 1 N–H and O–H groups in total. The average molecular weight is 353 g/mol. The fourth-order valence-corrected chi connectivity index (χ4v) is 4.06. The fourth-order valence-electron chi connectivity index (χ4n) is 4.06. The van der Waals surface area contributed by atoms with Crippen LogP contribution in [0.5, 0.6) is 11.5 Å². The van der Waals surface area contributed by atoms with Crippen molar-refractivity contribution < 1.29 is 14.3 Å². The lowest BCUT2D eigenvalue weighted by molar-refractivity contribution is -0.137. The third-order valence-electron chi connectivity index (χ3n) is 5.36. The lowest BCUT2D eigenvalue weighted by Gasteiger charge is -2.31. The Balaban J connectivity index is 0.00000169. The van der Waals surface area contributed by atoms with Crippen LogP contribution in [0.2, 0.25) is 0 Å². The van der Waals surface area contributed by atoms with Crippen LogP contribution in [0.1, 0.15) is 24.8 Å². The van der Waals surface area contributed by atoms with Gasteiger partial charge in [0.25, 0.3) is 0 Å². The quantitative estimate of drug-likeness (QED) is 0.884. The molecular formula is C18H25ClN2O3. The van der Waals surface area contributed by atoms with Crippen molar-refractivity contribution in [2.24, 2.45) is 5.92 Å². The standard InChI is InChI=1S/C18H24N2O3.ClH/c1-22-16-4-5-17-12(9-16)8-13(11-23-17)18(21)20-7-6-14-2-3-15(10-20)19-14;/h4-5,9,13-15,19H,2-3,6-8,10-11H2,1H3;1H. The van der Waals surface area contributed by atoms with E-state index in [1.807, 2.05) is 18.2 Å². The highest BCUT2D eigenvalue weighted by molar-refractivity contribution is 5.85. The van der Waals surface area contributed by atoms with Crippen molar-refractivity contribution in [3.8, 4) is 11.5 Å². The van der Waals surface area contributed by atoms with E-state index < -0.39 is 0 Å². The first-order chi connectivity index (χ1) is 11.2. The number of likely N-dealkylation sites (tertiary alicyclic amines) is 1. The first-order valence-corrected chi connectivity index (χ1v) is 8.57. The van der Waals surface area contributed by atoms with Gasteiger partial charge in [-0.1, -0.05) is 0 Å². The molecule has 2 saturated heterocycles. The van der Waals surface area contributed by atoms with Crippen molar-refractivity contribution in [1.29, 1.82) is 0 Å². The van der Waals surface area contributed by atoms with Gasteiger partial charge >= 0.3 is 0 Å². The Morgan fingerprint density at radius 2 is 2.12 bits per heavy atom. The molecule has 3 heterocycles. The van der Waals surface area contributed by atoms with Gasteiger partial charge in [-0.25, -0.2) is 0 Å². The van der Waals surface area contributed by atoms with Crippen molar-refractivity contribution in [3.63, 3.8) is 0 Å². The van der Waals surface area contributed by atoms with Crippen LogP contribution < -0.4 is 14.8 Å². The topological polar surface area (TPSA) is 50.8 Å². The number of nitrogens with zero attached hydrogens (tertiary/aromatic N) is 1. The van der Waals surface area contributed by atoms with Crippen molar-refractivity contribution in [2.75, 3.05) is 26.8 Å². The van der Waals surface area contributed by atoms with E-state index in [1.165, 1.54) is 12.8 Å². The molecule has 6 heteroatoms. The number of ether oxygens (including phenoxy) is 2. The normalized spacial score (nSPS) is 28.2. The molecule has 5 nitrogen and oxygen atoms in total. The Morgan fingerprint density at radius 3 is 2.96 bits per heavy atom. The van der Waals surface area contributed by atoms with E-state index in [-0.39, 0.29) is 24.2 Å². The monoisotopic (exact) mass is 352 g/mol. The molecule has 3 unspecified atom stereocenters. The van der Waals surface area contributed by atoms with E-state index in [9.17, 15) is 4.79 Å². The van der Waals surface area contributed by atoms with Gasteiger partial charge in [-0.2, -0.15) is 0 Å². The molecule has 0 aromatic heterocycles. The van der Waals surface area contributed by atoms with Crippen molar-refractivity contribution in [1.82, 2.24) is 10.2 Å². The summed E-state index contributed by atoms with van der Waals surface area (Å²) in [7, 11) is 1.66. The van der Waals surface area contributed by atoms with Crippen LogP contribution in [-0.2, 0) is 11.2 Å². The second-order valence-corrected chi connectivity index (χ2v) is 6.90. The molecule has 2 bridgehead atoms. The summed E-state index contributed by atoms with van der Waals surface area (Å²) in [5, 5.41) is 3.63. The van der Waals surface area contributed by atoms with Crippen LogP contribution >= 0.6 is 12.4 Å². The molecule has 0 spiro atoms. The zero-order valence-corrected chi connectivity index (χ0v) is 14.8. The highest BCUT2D eigenvalue weighted by Crippen LogP contribution is 2.32. The zero-order valence-electron chi connectivity index (χ0n) is 14.0. The van der Waals surface area contributed by atoms with Crippen LogP contribution in [-0.4, -0.2) is 49.7 Å². The molecule has 3 aliphatic heterocycles. The molecule has 1 aromatic rings. The minimum Gasteiger partial charge on any atom is -0.497 e. The second-order valence-electron chi connectivity index (χ2n) is 6.90. The fraction of sp³-hybridized carbons (Fsp3) is 0.611. The zero-order chi connectivity index (χ0) is 15.8. The van der Waals surface area contributed by atoms with Crippen LogP contribution in [0.4, 0.5) is 0 Å². The molecule has 2 fully saturated rings. The number of methoxy groups -OCH3 is 1. The van der Waals surface area contributed by atoms with Gasteiger partial charge in [0.15, 0.2) is 0 Å². The third-order valence-corrected chi connectivity index (χ3v) is 5.36. The molecule has 24 heavy (non-hydrogen) atoms. The number of halogens is 1. The Morgan fingerprint density at radius 1 is 1.29 bits per heavy atom. The Labute approximate surface area is 149 Å². The van der Waals surface area contributed by atoms with Crippen LogP contribution in [0.25, 0.3) is 0 Å². The number of carbonyl (C=O) groups is 1. The molecule has 3 atom stereocenters. The Bertz CT molecular complexity index is 610. The highest BCUT2D eigenvalue weighted by Gasteiger charge is 2.35. The van der Waals surface area contributed by atoms with E-state index in [1.54, 1.807) is 7.11 Å². The highest BCUT2D eigenvalue weighted by atomic mass is 35.5. The van der Waals surface area contributed by atoms with Gasteiger partial charge in [0.05, 0.1) is 13.0 Å². The summed E-state index contributed by atoms with van der Waals surface area (Å²) in [6.45, 7) is 2.20. The number of nitrogens with one attached hydrogen (secondary N) is 1. The Hall–Kier alpha value is -1.46. The van der Waals surface area contributed by atoms with Crippen molar-refractivity contribution in [3.05, 3.63) is 23.8 Å². The van der Waals surface area contributed by atoms with E-state index in [0.29, 0.717) is 18.7 Å². The molecule has 0 radical (unpaired) electrons. The maximum Gasteiger partial charge on any atom is 0.229 e. The molecule has 1 aromatic carbocycles. The SMILES string of the molecule is COc1ccc2c(c1)CC(C(=O)N1CCC3CCC(C1)N3)CO2.Cl. The lowest BCUT2D eigenvalue weighted by atomic mass is 9.94. The number of carbonyl (C=O) groups excluding carboxylic acids is 1. The van der Waals surface area contributed by atoms with E-state index in [2.05, 4.69) is 10.2 Å². The number of amides is 1. The maximum atomic E-state index is 12.9. The summed E-state index contributed by atoms with van der Waals surface area (Å²) in [6.07, 6.45) is 4.26. The van der Waals surface area contributed by atoms with E-state index in [4.69, 9.17) is 9.47 Å². The van der Waals surface area contributed by atoms with Gasteiger partial charge in [-0.15, -0.1) is 12.4 Å². The number of rotatable bonds is 2. The summed E-state index contributed by atoms with van der Waals surface area (Å²) in [5.41, 5.74) is 1.07. The average Bonchev–Trinajstić information content (AvgIpc) is 2.92. The van der Waals surface area contributed by atoms with Crippen LogP contribution in [0, 0.1) is 5.92 Å². The number of hydrogen-bond acceptors (Lipinski definition) is 4. The molecule has 3 aliphatic rings. The van der Waals surface area contributed by atoms with Gasteiger partial charge < -0.3 is 19.7 Å². The van der Waals surface area contributed by atoms with Gasteiger partial charge in [0, 0.05) is 25.2 Å². The molecule has 1 amide bonds. The summed E-state index contributed by atoms with van der Waals surface area (Å²) < 4.78 is 11.1. The van der Waals surface area contributed by atoms with Crippen LogP contribution in [0.3, 0.4) is 0 Å². The van der Waals surface area contributed by atoms with Crippen molar-refractivity contribution >= 4 is 18.3 Å². The van der Waals surface area contributed by atoms with Gasteiger partial charge in [-0.05, 0) is 49.4 Å². The smallest absolute Gasteiger partial charge is 0.229 e. The van der Waals surface area contributed by atoms with Gasteiger partial charge in [0.2, 0.25) is 5.91 Å². The minimum absolute atomic E-state index is 0. The molecule has 0 aliphatic carbocycles. The first-order valence-electron chi connectivity index (χ1n) is 8.57. The van der Waals surface area contributed by atoms with E-state index in [0.717, 1.165) is 43.0 Å². The van der Waals surface area contributed by atoms with Gasteiger partial charge in [-0.3, -0.25) is 4.79 Å². The molecule has 0 saturated carbocycles. The summed E-state index contributed by atoms with van der Waals surface area (Å²) in [4.78, 5) is 15.0. The number of hydrogen-bond donors (Lipinski definition) is 1. The number of fused-ring (bicyclic) bond motifs is 3. The third kappa shape index (κ3) is 3.33.